The number of rotatable bonds is 4. The van der Waals surface area contributed by atoms with Crippen LogP contribution >= 0.6 is 0 Å². The summed E-state index contributed by atoms with van der Waals surface area (Å²) in [6.45, 7) is 4.20. The van der Waals surface area contributed by atoms with Gasteiger partial charge in [0.1, 0.15) is 0 Å². The molecule has 0 atom stereocenters. The number of carbonyl (C=O) groups excluding carboxylic acids is 1. The van der Waals surface area contributed by atoms with E-state index in [0.29, 0.717) is 30.3 Å². The van der Waals surface area contributed by atoms with Crippen LogP contribution < -0.4 is 5.32 Å². The fourth-order valence-corrected chi connectivity index (χ4v) is 2.45. The molecule has 94 valence electrons. The second-order valence-corrected chi connectivity index (χ2v) is 5.40. The zero-order chi connectivity index (χ0) is 12.1. The molecule has 0 aromatic carbocycles. The predicted molar refractivity (Wildman–Crippen MR) is 67.3 cm³/mol. The van der Waals surface area contributed by atoms with Crippen LogP contribution in [0.5, 0.6) is 0 Å². The molecule has 0 heterocycles. The summed E-state index contributed by atoms with van der Waals surface area (Å²) >= 11 is 0. The van der Waals surface area contributed by atoms with Gasteiger partial charge in [0.15, 0.2) is 0 Å². The molecule has 1 fully saturated rings. The number of amides is 1. The Morgan fingerprint density at radius 2 is 1.88 bits per heavy atom. The maximum absolute atomic E-state index is 11.9. The largest absolute Gasteiger partial charge is 0.343 e. The first-order chi connectivity index (χ1) is 7.54. The minimum Gasteiger partial charge on any atom is -0.343 e. The van der Waals surface area contributed by atoms with Crippen molar-refractivity contribution in [3.8, 4) is 0 Å². The Bertz CT molecular complexity index is 220. The summed E-state index contributed by atoms with van der Waals surface area (Å²) in [5.74, 6) is 0.770. The van der Waals surface area contributed by atoms with Gasteiger partial charge in [-0.3, -0.25) is 4.79 Å². The van der Waals surface area contributed by atoms with Crippen molar-refractivity contribution in [2.45, 2.75) is 58.0 Å². The Labute approximate surface area is 99.6 Å². The molecule has 0 aliphatic heterocycles. The first-order valence-electron chi connectivity index (χ1n) is 6.47. The van der Waals surface area contributed by atoms with Crippen LogP contribution in [0.25, 0.3) is 0 Å². The lowest BCUT2D eigenvalue weighted by molar-refractivity contribution is -0.133. The molecular weight excluding hydrogens is 200 g/mol. The Morgan fingerprint density at radius 3 is 2.31 bits per heavy atom. The molecule has 1 amide bonds. The van der Waals surface area contributed by atoms with Crippen molar-refractivity contribution in [3.63, 3.8) is 0 Å². The molecule has 0 unspecified atom stereocenters. The summed E-state index contributed by atoms with van der Waals surface area (Å²) in [4.78, 5) is 13.9. The molecule has 1 aliphatic rings. The van der Waals surface area contributed by atoms with Crippen LogP contribution in [0, 0.1) is 5.92 Å². The van der Waals surface area contributed by atoms with Crippen molar-refractivity contribution in [1.82, 2.24) is 10.2 Å². The van der Waals surface area contributed by atoms with Gasteiger partial charge < -0.3 is 10.2 Å². The molecule has 0 saturated heterocycles. The summed E-state index contributed by atoms with van der Waals surface area (Å²) in [5.41, 5.74) is 0. The standard InChI is InChI=1S/C13H26N2O/c1-10(2)9-13(16)15(4)12-7-5-11(14-3)6-8-12/h10-12,14H,5-9H2,1-4H3. The van der Waals surface area contributed by atoms with Crippen LogP contribution in [0.4, 0.5) is 0 Å². The lowest BCUT2D eigenvalue weighted by Gasteiger charge is -2.35. The molecule has 0 spiro atoms. The molecule has 1 aliphatic carbocycles. The summed E-state index contributed by atoms with van der Waals surface area (Å²) in [7, 11) is 3.99. The van der Waals surface area contributed by atoms with Gasteiger partial charge in [0.25, 0.3) is 0 Å². The molecule has 1 saturated carbocycles. The highest BCUT2D eigenvalue weighted by molar-refractivity contribution is 5.76. The van der Waals surface area contributed by atoms with Crippen LogP contribution in [0.3, 0.4) is 0 Å². The Hall–Kier alpha value is -0.570. The summed E-state index contributed by atoms with van der Waals surface area (Å²) in [6.07, 6.45) is 5.36. The van der Waals surface area contributed by atoms with Crippen molar-refractivity contribution in [1.29, 1.82) is 0 Å². The lowest BCUT2D eigenvalue weighted by atomic mass is 9.90. The van der Waals surface area contributed by atoms with E-state index in [4.69, 9.17) is 0 Å². The van der Waals surface area contributed by atoms with Crippen LogP contribution in [-0.4, -0.2) is 37.0 Å². The number of hydrogen-bond donors (Lipinski definition) is 1. The molecule has 16 heavy (non-hydrogen) atoms. The Morgan fingerprint density at radius 1 is 1.31 bits per heavy atom. The number of hydrogen-bond acceptors (Lipinski definition) is 2. The van der Waals surface area contributed by atoms with E-state index in [1.54, 1.807) is 0 Å². The molecule has 3 nitrogen and oxygen atoms in total. The highest BCUT2D eigenvalue weighted by Gasteiger charge is 2.25. The molecule has 3 heteroatoms. The fraction of sp³-hybridized carbons (Fsp3) is 0.923. The normalized spacial score (nSPS) is 25.8. The van der Waals surface area contributed by atoms with Crippen molar-refractivity contribution < 1.29 is 4.79 Å². The summed E-state index contributed by atoms with van der Waals surface area (Å²) < 4.78 is 0. The van der Waals surface area contributed by atoms with Gasteiger partial charge in [-0.15, -0.1) is 0 Å². The predicted octanol–water partition coefficient (Wildman–Crippen LogP) is 2.02. The van der Waals surface area contributed by atoms with Crippen LogP contribution in [0.1, 0.15) is 46.0 Å². The van der Waals surface area contributed by atoms with Gasteiger partial charge >= 0.3 is 0 Å². The van der Waals surface area contributed by atoms with Crippen LogP contribution in [0.15, 0.2) is 0 Å². The van der Waals surface area contributed by atoms with Crippen molar-refractivity contribution in [2.24, 2.45) is 5.92 Å². The fourth-order valence-electron chi connectivity index (χ4n) is 2.45. The van der Waals surface area contributed by atoms with Gasteiger partial charge in [-0.2, -0.15) is 0 Å². The smallest absolute Gasteiger partial charge is 0.222 e. The molecule has 0 aromatic rings. The molecule has 0 bridgehead atoms. The van der Waals surface area contributed by atoms with Crippen LogP contribution in [-0.2, 0) is 4.79 Å². The van der Waals surface area contributed by atoms with E-state index in [0.717, 1.165) is 12.8 Å². The topological polar surface area (TPSA) is 32.3 Å². The van der Waals surface area contributed by atoms with E-state index in [2.05, 4.69) is 19.2 Å². The van der Waals surface area contributed by atoms with E-state index in [-0.39, 0.29) is 0 Å². The number of nitrogens with zero attached hydrogens (tertiary/aromatic N) is 1. The molecule has 0 aromatic heterocycles. The van der Waals surface area contributed by atoms with E-state index in [1.807, 2.05) is 19.0 Å². The van der Waals surface area contributed by atoms with Gasteiger partial charge in [0, 0.05) is 25.6 Å². The van der Waals surface area contributed by atoms with Gasteiger partial charge in [0.2, 0.25) is 5.91 Å². The summed E-state index contributed by atoms with van der Waals surface area (Å²) in [5, 5.41) is 3.32. The van der Waals surface area contributed by atoms with Gasteiger partial charge in [-0.1, -0.05) is 13.8 Å². The van der Waals surface area contributed by atoms with E-state index in [9.17, 15) is 4.79 Å². The van der Waals surface area contributed by atoms with Crippen molar-refractivity contribution in [3.05, 3.63) is 0 Å². The monoisotopic (exact) mass is 226 g/mol. The first kappa shape index (κ1) is 13.5. The molecule has 1 N–H and O–H groups in total. The molecular formula is C13H26N2O. The SMILES string of the molecule is CNC1CCC(N(C)C(=O)CC(C)C)CC1. The molecule has 0 radical (unpaired) electrons. The second-order valence-electron chi connectivity index (χ2n) is 5.40. The van der Waals surface area contributed by atoms with Gasteiger partial charge in [0.05, 0.1) is 0 Å². The average Bonchev–Trinajstić information content (AvgIpc) is 2.27. The highest BCUT2D eigenvalue weighted by Crippen LogP contribution is 2.23. The van der Waals surface area contributed by atoms with Gasteiger partial charge in [-0.25, -0.2) is 0 Å². The highest BCUT2D eigenvalue weighted by atomic mass is 16.2. The Kier molecular flexibility index (Phi) is 5.26. The summed E-state index contributed by atoms with van der Waals surface area (Å²) in [6, 6.07) is 1.13. The van der Waals surface area contributed by atoms with E-state index in [1.165, 1.54) is 12.8 Å². The second kappa shape index (κ2) is 6.24. The minimum absolute atomic E-state index is 0.308. The minimum atomic E-state index is 0.308. The first-order valence-corrected chi connectivity index (χ1v) is 6.47. The van der Waals surface area contributed by atoms with E-state index >= 15 is 0 Å². The Balaban J connectivity index is 2.37. The van der Waals surface area contributed by atoms with Crippen molar-refractivity contribution >= 4 is 5.91 Å². The average molecular weight is 226 g/mol. The zero-order valence-electron chi connectivity index (χ0n) is 11.1. The third-order valence-corrected chi connectivity index (χ3v) is 3.63. The van der Waals surface area contributed by atoms with Crippen molar-refractivity contribution in [2.75, 3.05) is 14.1 Å². The number of carbonyl (C=O) groups is 1. The zero-order valence-corrected chi connectivity index (χ0v) is 11.1. The van der Waals surface area contributed by atoms with E-state index < -0.39 is 0 Å². The number of nitrogens with one attached hydrogen (secondary N) is 1. The lowest BCUT2D eigenvalue weighted by Crippen LogP contribution is -2.42. The third-order valence-electron chi connectivity index (χ3n) is 3.63. The molecule has 1 rings (SSSR count). The third kappa shape index (κ3) is 3.78. The quantitative estimate of drug-likeness (QED) is 0.795. The maximum Gasteiger partial charge on any atom is 0.222 e. The van der Waals surface area contributed by atoms with Crippen LogP contribution in [0.2, 0.25) is 0 Å². The van der Waals surface area contributed by atoms with Gasteiger partial charge in [-0.05, 0) is 38.6 Å². The maximum atomic E-state index is 11.9.